The van der Waals surface area contributed by atoms with Gasteiger partial charge in [-0.3, -0.25) is 9.69 Å². The van der Waals surface area contributed by atoms with Crippen LogP contribution in [0.1, 0.15) is 21.7 Å². The van der Waals surface area contributed by atoms with Crippen LogP contribution in [0.25, 0.3) is 0 Å². The molecule has 0 aliphatic carbocycles. The number of thiophene rings is 1. The van der Waals surface area contributed by atoms with Gasteiger partial charge in [0.15, 0.2) is 0 Å². The minimum Gasteiger partial charge on any atom is -0.396 e. The maximum absolute atomic E-state index is 12.3. The molecule has 1 amide bonds. The van der Waals surface area contributed by atoms with E-state index in [-0.39, 0.29) is 24.5 Å². The van der Waals surface area contributed by atoms with Crippen LogP contribution in [0.4, 0.5) is 0 Å². The number of hydrogen-bond acceptors (Lipinski definition) is 4. The summed E-state index contributed by atoms with van der Waals surface area (Å²) < 4.78 is 0.608. The molecule has 0 saturated carbocycles. The summed E-state index contributed by atoms with van der Waals surface area (Å²) in [5.74, 6) is -0.0614. The maximum atomic E-state index is 12.3. The zero-order chi connectivity index (χ0) is 16.9. The van der Waals surface area contributed by atoms with Crippen molar-refractivity contribution < 1.29 is 9.90 Å². The van der Waals surface area contributed by atoms with Gasteiger partial charge in [0.05, 0.1) is 9.21 Å². The summed E-state index contributed by atoms with van der Waals surface area (Å²) in [6.45, 7) is 2.63. The number of halogens is 1. The molecule has 3 rings (SSSR count). The van der Waals surface area contributed by atoms with Crippen molar-refractivity contribution in [2.75, 3.05) is 19.7 Å². The second-order valence-corrected chi connectivity index (χ2v) is 7.85. The van der Waals surface area contributed by atoms with E-state index >= 15 is 0 Å². The summed E-state index contributed by atoms with van der Waals surface area (Å²) in [6.07, 6.45) is 0.836. The molecule has 1 saturated heterocycles. The lowest BCUT2D eigenvalue weighted by Crippen LogP contribution is -2.51. The molecule has 1 aliphatic heterocycles. The summed E-state index contributed by atoms with van der Waals surface area (Å²) in [5, 5.41) is 12.8. The second kappa shape index (κ2) is 8.12. The van der Waals surface area contributed by atoms with E-state index in [4.69, 9.17) is 11.6 Å². The van der Waals surface area contributed by atoms with Gasteiger partial charge in [0.1, 0.15) is 0 Å². The molecular formula is C18H21ClN2O2S. The molecule has 6 heteroatoms. The molecule has 0 radical (unpaired) electrons. The van der Waals surface area contributed by atoms with Gasteiger partial charge < -0.3 is 10.4 Å². The first kappa shape index (κ1) is 17.4. The fraction of sp³-hybridized carbons (Fsp3) is 0.389. The standard InChI is InChI=1S/C18H21ClN2O2S/c19-17-7-6-16(24-17)18(23)20-15-8-9-21(11-14(15)12-22)10-13-4-2-1-3-5-13/h1-7,14-15,22H,8-12H2,(H,20,23)/t14-,15+/m0/s1. The summed E-state index contributed by atoms with van der Waals surface area (Å²) in [6, 6.07) is 13.8. The molecule has 1 aliphatic rings. The highest BCUT2D eigenvalue weighted by molar-refractivity contribution is 7.17. The topological polar surface area (TPSA) is 52.6 Å². The monoisotopic (exact) mass is 364 g/mol. The molecule has 0 bridgehead atoms. The number of benzene rings is 1. The number of carbonyl (C=O) groups is 1. The summed E-state index contributed by atoms with van der Waals surface area (Å²) in [4.78, 5) is 15.3. The Morgan fingerprint density at radius 1 is 1.29 bits per heavy atom. The maximum Gasteiger partial charge on any atom is 0.261 e. The van der Waals surface area contributed by atoms with Crippen molar-refractivity contribution in [3.8, 4) is 0 Å². The van der Waals surface area contributed by atoms with E-state index in [1.54, 1.807) is 12.1 Å². The van der Waals surface area contributed by atoms with Crippen LogP contribution in [0.5, 0.6) is 0 Å². The van der Waals surface area contributed by atoms with Crippen molar-refractivity contribution in [2.45, 2.75) is 19.0 Å². The zero-order valence-electron chi connectivity index (χ0n) is 13.3. The number of aliphatic hydroxyl groups is 1. The third-order valence-corrected chi connectivity index (χ3v) is 5.64. The highest BCUT2D eigenvalue weighted by atomic mass is 35.5. The van der Waals surface area contributed by atoms with E-state index in [0.29, 0.717) is 9.21 Å². The van der Waals surface area contributed by atoms with E-state index in [0.717, 1.165) is 26.1 Å². The van der Waals surface area contributed by atoms with E-state index < -0.39 is 0 Å². The number of rotatable bonds is 5. The van der Waals surface area contributed by atoms with Crippen LogP contribution >= 0.6 is 22.9 Å². The first-order valence-corrected chi connectivity index (χ1v) is 9.28. The first-order chi connectivity index (χ1) is 11.7. The molecule has 128 valence electrons. The van der Waals surface area contributed by atoms with Gasteiger partial charge in [0.25, 0.3) is 5.91 Å². The molecule has 2 atom stereocenters. The molecule has 1 aromatic heterocycles. The Balaban J connectivity index is 1.58. The number of likely N-dealkylation sites (tertiary alicyclic amines) is 1. The Kier molecular flexibility index (Phi) is 5.89. The molecule has 0 unspecified atom stereocenters. The number of nitrogens with one attached hydrogen (secondary N) is 1. The minimum absolute atomic E-state index is 0.00426. The van der Waals surface area contributed by atoms with E-state index in [1.807, 2.05) is 18.2 Å². The van der Waals surface area contributed by atoms with Crippen molar-refractivity contribution >= 4 is 28.8 Å². The number of hydrogen-bond donors (Lipinski definition) is 2. The van der Waals surface area contributed by atoms with Gasteiger partial charge in [0.2, 0.25) is 0 Å². The van der Waals surface area contributed by atoms with Crippen molar-refractivity contribution in [2.24, 2.45) is 5.92 Å². The predicted octanol–water partition coefficient (Wildman–Crippen LogP) is 3.01. The first-order valence-electron chi connectivity index (χ1n) is 8.09. The van der Waals surface area contributed by atoms with Crippen molar-refractivity contribution in [1.29, 1.82) is 0 Å². The van der Waals surface area contributed by atoms with Gasteiger partial charge in [-0.25, -0.2) is 0 Å². The molecule has 1 aromatic carbocycles. The van der Waals surface area contributed by atoms with Gasteiger partial charge in [0, 0.05) is 38.2 Å². The quantitative estimate of drug-likeness (QED) is 0.857. The van der Waals surface area contributed by atoms with Crippen LogP contribution in [-0.4, -0.2) is 41.7 Å². The van der Waals surface area contributed by atoms with Crippen LogP contribution in [0.15, 0.2) is 42.5 Å². The van der Waals surface area contributed by atoms with E-state index in [2.05, 4.69) is 22.3 Å². The van der Waals surface area contributed by atoms with Crippen molar-refractivity contribution in [3.05, 3.63) is 57.2 Å². The Hall–Kier alpha value is -1.40. The predicted molar refractivity (Wildman–Crippen MR) is 97.5 cm³/mol. The Morgan fingerprint density at radius 2 is 2.08 bits per heavy atom. The molecule has 2 N–H and O–H groups in total. The summed E-state index contributed by atoms with van der Waals surface area (Å²) in [7, 11) is 0. The molecule has 4 nitrogen and oxygen atoms in total. The van der Waals surface area contributed by atoms with Gasteiger partial charge >= 0.3 is 0 Å². The van der Waals surface area contributed by atoms with Gasteiger partial charge in [-0.15, -0.1) is 11.3 Å². The number of aliphatic hydroxyl groups excluding tert-OH is 1. The average Bonchev–Trinajstić information content (AvgIpc) is 3.04. The lowest BCUT2D eigenvalue weighted by atomic mass is 9.92. The molecule has 2 heterocycles. The number of nitrogens with zero attached hydrogens (tertiary/aromatic N) is 1. The van der Waals surface area contributed by atoms with Crippen molar-refractivity contribution in [3.63, 3.8) is 0 Å². The molecule has 0 spiro atoms. The van der Waals surface area contributed by atoms with Crippen molar-refractivity contribution in [1.82, 2.24) is 10.2 Å². The van der Waals surface area contributed by atoms with Gasteiger partial charge in [-0.1, -0.05) is 41.9 Å². The average molecular weight is 365 g/mol. The van der Waals surface area contributed by atoms with E-state index in [1.165, 1.54) is 16.9 Å². The SMILES string of the molecule is O=C(N[C@@H]1CCN(Cc2ccccc2)C[C@H]1CO)c1ccc(Cl)s1. The Morgan fingerprint density at radius 3 is 2.75 bits per heavy atom. The van der Waals surface area contributed by atoms with E-state index in [9.17, 15) is 9.90 Å². The van der Waals surface area contributed by atoms with Crippen LogP contribution < -0.4 is 5.32 Å². The normalized spacial score (nSPS) is 21.6. The largest absolute Gasteiger partial charge is 0.396 e. The smallest absolute Gasteiger partial charge is 0.261 e. The molecule has 2 aromatic rings. The third-order valence-electron chi connectivity index (χ3n) is 4.42. The summed E-state index contributed by atoms with van der Waals surface area (Å²) >= 11 is 7.17. The van der Waals surface area contributed by atoms with Crippen LogP contribution in [-0.2, 0) is 6.54 Å². The Bertz CT molecular complexity index is 677. The van der Waals surface area contributed by atoms with Gasteiger partial charge in [-0.05, 0) is 24.1 Å². The fourth-order valence-corrected chi connectivity index (χ4v) is 4.09. The minimum atomic E-state index is -0.105. The zero-order valence-corrected chi connectivity index (χ0v) is 14.9. The lowest BCUT2D eigenvalue weighted by Gasteiger charge is -2.38. The molecular weight excluding hydrogens is 344 g/mol. The fourth-order valence-electron chi connectivity index (χ4n) is 3.14. The second-order valence-electron chi connectivity index (χ2n) is 6.14. The van der Waals surface area contributed by atoms with Crippen LogP contribution in [0, 0.1) is 5.92 Å². The highest BCUT2D eigenvalue weighted by Gasteiger charge is 2.30. The molecule has 24 heavy (non-hydrogen) atoms. The number of carbonyl (C=O) groups excluding carboxylic acids is 1. The Labute approximate surface area is 151 Å². The summed E-state index contributed by atoms with van der Waals surface area (Å²) in [5.41, 5.74) is 1.27. The number of piperidine rings is 1. The highest BCUT2D eigenvalue weighted by Crippen LogP contribution is 2.23. The number of amides is 1. The lowest BCUT2D eigenvalue weighted by molar-refractivity contribution is 0.0715. The van der Waals surface area contributed by atoms with Crippen LogP contribution in [0.2, 0.25) is 4.34 Å². The third kappa shape index (κ3) is 4.36. The molecule has 1 fully saturated rings. The van der Waals surface area contributed by atoms with Gasteiger partial charge in [-0.2, -0.15) is 0 Å². The van der Waals surface area contributed by atoms with Crippen LogP contribution in [0.3, 0.4) is 0 Å².